The monoisotopic (exact) mass is 201 g/mol. The molecule has 0 aromatic rings. The summed E-state index contributed by atoms with van der Waals surface area (Å²) in [6.07, 6.45) is 0.736. The van der Waals surface area contributed by atoms with Gasteiger partial charge in [-0.25, -0.2) is 0 Å². The van der Waals surface area contributed by atoms with Crippen molar-refractivity contribution >= 4 is 15.9 Å². The summed E-state index contributed by atoms with van der Waals surface area (Å²) in [4.78, 5) is 16.7. The molecule has 11 heavy (non-hydrogen) atoms. The zero-order valence-electron chi connectivity index (χ0n) is 5.32. The molecule has 0 aliphatic carbocycles. The lowest BCUT2D eigenvalue weighted by atomic mass is 10.7. The van der Waals surface area contributed by atoms with Crippen molar-refractivity contribution in [1.29, 1.82) is 0 Å². The number of hydrogen-bond acceptors (Lipinski definition) is 4. The molecule has 0 aliphatic rings. The van der Waals surface area contributed by atoms with Crippen molar-refractivity contribution in [3.05, 3.63) is 12.7 Å². The average Bonchev–Trinajstić information content (AvgIpc) is 1.83. The quantitative estimate of drug-likeness (QED) is 0.447. The van der Waals surface area contributed by atoms with E-state index in [0.717, 1.165) is 6.08 Å². The lowest BCUT2D eigenvalue weighted by Gasteiger charge is -2.05. The Kier molecular flexibility index (Phi) is 4.03. The summed E-state index contributed by atoms with van der Waals surface area (Å²) in [5.74, 6) is -1.84. The van der Waals surface area contributed by atoms with E-state index in [4.69, 9.17) is 14.9 Å². The number of aliphatic hydroxyl groups excluding tert-OH is 1. The Morgan fingerprint density at radius 1 is 1.73 bits per heavy atom. The third kappa shape index (κ3) is 3.72. The number of rotatable bonds is 4. The third-order valence-corrected chi connectivity index (χ3v) is 3.11. The maximum absolute atomic E-state index is 10.6. The molecule has 0 spiro atoms. The van der Waals surface area contributed by atoms with Gasteiger partial charge in [-0.3, -0.25) is 4.57 Å². The Bertz CT molecular complexity index is 212. The van der Waals surface area contributed by atoms with Gasteiger partial charge in [-0.15, -0.1) is 4.89 Å². The Morgan fingerprint density at radius 3 is 2.45 bits per heavy atom. The second kappa shape index (κ2) is 4.07. The molecule has 6 nitrogen and oxygen atoms in total. The van der Waals surface area contributed by atoms with Crippen molar-refractivity contribution in [3.8, 4) is 0 Å². The van der Waals surface area contributed by atoms with Crippen molar-refractivity contribution in [2.24, 2.45) is 0 Å². The van der Waals surface area contributed by atoms with E-state index in [0.29, 0.717) is 0 Å². The van der Waals surface area contributed by atoms with Crippen molar-refractivity contribution in [3.63, 3.8) is 0 Å². The second-order valence-electron chi connectivity index (χ2n) is 1.53. The summed E-state index contributed by atoms with van der Waals surface area (Å²) in [6, 6.07) is 0. The summed E-state index contributed by atoms with van der Waals surface area (Å²) < 4.78 is 24.2. The summed E-state index contributed by atoms with van der Waals surface area (Å²) in [6.45, 7) is 3.00. The van der Waals surface area contributed by atoms with Gasteiger partial charge in [0.25, 0.3) is 0 Å². The molecule has 0 heterocycles. The smallest absolute Gasteiger partial charge is 0.376 e. The number of hydrogen-bond donors (Lipinski definition) is 3. The minimum absolute atomic E-state index is 0.736. The molecule has 0 rings (SSSR count). The molecule has 0 aliphatic heterocycles. The van der Waals surface area contributed by atoms with Gasteiger partial charge in [0.1, 0.15) is 0 Å². The fourth-order valence-electron chi connectivity index (χ4n) is 0.282. The average molecular weight is 201 g/mol. The van der Waals surface area contributed by atoms with E-state index in [1.807, 2.05) is 0 Å². The molecule has 0 saturated carbocycles. The molecule has 0 aromatic heterocycles. The van der Waals surface area contributed by atoms with E-state index in [-0.39, 0.29) is 0 Å². The SMILES string of the molecule is C=CC(O)P(=O)(O)O[P+](=O)O. The van der Waals surface area contributed by atoms with Gasteiger partial charge in [0.05, 0.1) is 0 Å². The second-order valence-corrected chi connectivity index (χ2v) is 4.32. The Morgan fingerprint density at radius 2 is 2.18 bits per heavy atom. The van der Waals surface area contributed by atoms with Gasteiger partial charge in [-0.1, -0.05) is 12.7 Å². The Balaban J connectivity index is 4.33. The topological polar surface area (TPSA) is 104 Å². The highest BCUT2D eigenvalue weighted by molar-refractivity contribution is 7.60. The number of aliphatic hydroxyl groups is 1. The van der Waals surface area contributed by atoms with Crippen molar-refractivity contribution in [2.75, 3.05) is 0 Å². The highest BCUT2D eigenvalue weighted by Crippen LogP contribution is 2.53. The van der Waals surface area contributed by atoms with Gasteiger partial charge >= 0.3 is 15.9 Å². The summed E-state index contributed by atoms with van der Waals surface area (Å²) in [5.41, 5.74) is 0. The molecule has 8 heteroatoms. The van der Waals surface area contributed by atoms with E-state index in [9.17, 15) is 9.13 Å². The van der Waals surface area contributed by atoms with Crippen LogP contribution in [-0.4, -0.2) is 20.7 Å². The van der Waals surface area contributed by atoms with Crippen LogP contribution in [-0.2, 0) is 13.4 Å². The first kappa shape index (κ1) is 10.9. The molecule has 3 N–H and O–H groups in total. The lowest BCUT2D eigenvalue weighted by Crippen LogP contribution is -2.02. The predicted molar refractivity (Wildman–Crippen MR) is 36.9 cm³/mol. The molecule has 3 atom stereocenters. The van der Waals surface area contributed by atoms with E-state index < -0.39 is 21.7 Å². The van der Waals surface area contributed by atoms with Crippen molar-refractivity contribution in [2.45, 2.75) is 5.85 Å². The van der Waals surface area contributed by atoms with Gasteiger partial charge in [0.2, 0.25) is 0 Å². The molecular weight excluding hydrogens is 194 g/mol. The van der Waals surface area contributed by atoms with Crippen LogP contribution in [0.2, 0.25) is 0 Å². The minimum Gasteiger partial charge on any atom is -0.376 e. The summed E-state index contributed by atoms with van der Waals surface area (Å²) >= 11 is 0. The molecule has 3 unspecified atom stereocenters. The van der Waals surface area contributed by atoms with Crippen LogP contribution in [0.1, 0.15) is 0 Å². The summed E-state index contributed by atoms with van der Waals surface area (Å²) in [7, 11) is -7.63. The highest BCUT2D eigenvalue weighted by Gasteiger charge is 2.38. The van der Waals surface area contributed by atoms with Crippen LogP contribution >= 0.6 is 15.9 Å². The van der Waals surface area contributed by atoms with Crippen LogP contribution in [0.5, 0.6) is 0 Å². The molecule has 0 saturated heterocycles. The first-order valence-corrected chi connectivity index (χ1v) is 5.17. The lowest BCUT2D eigenvalue weighted by molar-refractivity contribution is 0.239. The molecule has 0 amide bonds. The largest absolute Gasteiger partial charge is 0.703 e. The molecule has 0 fully saturated rings. The van der Waals surface area contributed by atoms with Crippen LogP contribution in [0.4, 0.5) is 0 Å². The molecule has 0 bridgehead atoms. The van der Waals surface area contributed by atoms with Crippen molar-refractivity contribution in [1.82, 2.24) is 0 Å². The maximum Gasteiger partial charge on any atom is 0.703 e. The fourth-order valence-corrected chi connectivity index (χ4v) is 1.74. The molecule has 0 aromatic carbocycles. The van der Waals surface area contributed by atoms with E-state index >= 15 is 0 Å². The molecule has 0 radical (unpaired) electrons. The fraction of sp³-hybridized carbons (Fsp3) is 0.333. The summed E-state index contributed by atoms with van der Waals surface area (Å²) in [5, 5.41) is 8.64. The Labute approximate surface area is 63.6 Å². The zero-order chi connectivity index (χ0) is 9.07. The normalized spacial score (nSPS) is 20.1. The van der Waals surface area contributed by atoms with Gasteiger partial charge in [-0.2, -0.15) is 0 Å². The van der Waals surface area contributed by atoms with Crippen LogP contribution < -0.4 is 0 Å². The maximum atomic E-state index is 10.6. The van der Waals surface area contributed by atoms with E-state index in [2.05, 4.69) is 10.9 Å². The highest BCUT2D eigenvalue weighted by atomic mass is 31.2. The van der Waals surface area contributed by atoms with E-state index in [1.165, 1.54) is 0 Å². The molecule has 64 valence electrons. The van der Waals surface area contributed by atoms with Gasteiger partial charge in [0.15, 0.2) is 5.85 Å². The van der Waals surface area contributed by atoms with Crippen LogP contribution in [0.15, 0.2) is 12.7 Å². The predicted octanol–water partition coefficient (Wildman–Crippen LogP) is 0.342. The standard InChI is InChI=1S/C3H6O6P2/c1-2-3(4)11(7,8)9-10(5)6/h2-4H,1H2,(H-,5,6,7,8)/p+1. The third-order valence-electron chi connectivity index (χ3n) is 0.732. The van der Waals surface area contributed by atoms with Gasteiger partial charge < -0.3 is 10.00 Å². The Hall–Kier alpha value is -0.0900. The minimum atomic E-state index is -4.44. The van der Waals surface area contributed by atoms with Crippen LogP contribution in [0.25, 0.3) is 0 Å². The van der Waals surface area contributed by atoms with Gasteiger partial charge in [0, 0.05) is 4.57 Å². The molecular formula is C3H7O6P2+. The first-order chi connectivity index (χ1) is 4.90. The van der Waals surface area contributed by atoms with Crippen LogP contribution in [0.3, 0.4) is 0 Å². The van der Waals surface area contributed by atoms with Crippen molar-refractivity contribution < 1.29 is 28.3 Å². The van der Waals surface area contributed by atoms with E-state index in [1.54, 1.807) is 0 Å². The zero-order valence-corrected chi connectivity index (χ0v) is 7.11. The van der Waals surface area contributed by atoms with Gasteiger partial charge in [-0.05, 0) is 4.31 Å². The van der Waals surface area contributed by atoms with Crippen LogP contribution in [0, 0.1) is 0 Å². The first-order valence-electron chi connectivity index (χ1n) is 2.39.